The summed E-state index contributed by atoms with van der Waals surface area (Å²) < 4.78 is 0. The van der Waals surface area contributed by atoms with Gasteiger partial charge in [-0.25, -0.2) is 0 Å². The van der Waals surface area contributed by atoms with Crippen molar-refractivity contribution in [3.05, 3.63) is 36.2 Å². The minimum Gasteiger partial charge on any atom is -0.313 e. The third kappa shape index (κ3) is 1.26. The van der Waals surface area contributed by atoms with Crippen LogP contribution in [-0.2, 0) is 0 Å². The van der Waals surface area contributed by atoms with E-state index in [2.05, 4.69) is 22.4 Å². The highest BCUT2D eigenvalue weighted by Gasteiger charge is 2.31. The molecule has 0 radical (unpaired) electrons. The molecule has 2 aliphatic rings. The second-order valence-corrected chi connectivity index (χ2v) is 4.15. The summed E-state index contributed by atoms with van der Waals surface area (Å²) in [5.41, 5.74) is 2.77. The van der Waals surface area contributed by atoms with E-state index >= 15 is 0 Å². The van der Waals surface area contributed by atoms with Gasteiger partial charge in [-0.3, -0.25) is 4.98 Å². The predicted molar refractivity (Wildman–Crippen MR) is 56.7 cm³/mol. The van der Waals surface area contributed by atoms with Crippen LogP contribution in [0.3, 0.4) is 0 Å². The predicted octanol–water partition coefficient (Wildman–Crippen LogP) is 1.85. The molecule has 0 saturated carbocycles. The van der Waals surface area contributed by atoms with Crippen LogP contribution in [0.25, 0.3) is 5.57 Å². The van der Waals surface area contributed by atoms with Crippen LogP contribution < -0.4 is 5.32 Å². The molecule has 0 aromatic carbocycles. The van der Waals surface area contributed by atoms with Crippen molar-refractivity contribution in [2.45, 2.75) is 18.9 Å². The van der Waals surface area contributed by atoms with E-state index in [9.17, 15) is 0 Å². The molecular formula is C12H14N2. The normalized spacial score (nSPS) is 30.1. The summed E-state index contributed by atoms with van der Waals surface area (Å²) in [5.74, 6) is 0.769. The Labute approximate surface area is 84.1 Å². The quantitative estimate of drug-likeness (QED) is 0.724. The number of rotatable bonds is 1. The molecule has 0 spiro atoms. The van der Waals surface area contributed by atoms with Crippen LogP contribution in [0.5, 0.6) is 0 Å². The fourth-order valence-corrected chi connectivity index (χ4v) is 2.54. The molecule has 2 atom stereocenters. The number of aromatic nitrogens is 1. The third-order valence-corrected chi connectivity index (χ3v) is 3.29. The second-order valence-electron chi connectivity index (χ2n) is 4.15. The number of nitrogens with one attached hydrogen (secondary N) is 1. The van der Waals surface area contributed by atoms with E-state index in [1.165, 1.54) is 30.5 Å². The Morgan fingerprint density at radius 3 is 3.21 bits per heavy atom. The third-order valence-electron chi connectivity index (χ3n) is 3.29. The van der Waals surface area contributed by atoms with Crippen LogP contribution in [0.4, 0.5) is 0 Å². The molecule has 2 nitrogen and oxygen atoms in total. The molecule has 1 aromatic heterocycles. The second kappa shape index (κ2) is 3.21. The summed E-state index contributed by atoms with van der Waals surface area (Å²) in [4.78, 5) is 4.16. The van der Waals surface area contributed by atoms with Crippen LogP contribution in [0.15, 0.2) is 30.6 Å². The van der Waals surface area contributed by atoms with Gasteiger partial charge in [0.1, 0.15) is 0 Å². The summed E-state index contributed by atoms with van der Waals surface area (Å²) in [5, 5.41) is 3.55. The summed E-state index contributed by atoms with van der Waals surface area (Å²) in [6.07, 6.45) is 8.71. The first-order chi connectivity index (χ1) is 6.93. The molecule has 2 heteroatoms. The van der Waals surface area contributed by atoms with Crippen molar-refractivity contribution in [3.8, 4) is 0 Å². The maximum absolute atomic E-state index is 4.16. The van der Waals surface area contributed by atoms with Crippen molar-refractivity contribution in [2.75, 3.05) is 6.54 Å². The standard InChI is InChI=1S/C12H14N2/c1-2-10(8-13-4-1)11-6-9-3-5-14-12(9)7-11/h1-2,4,6,8-9,12,14H,3,5,7H2. The Morgan fingerprint density at radius 2 is 2.43 bits per heavy atom. The van der Waals surface area contributed by atoms with E-state index in [1.54, 1.807) is 0 Å². The van der Waals surface area contributed by atoms with Gasteiger partial charge in [0, 0.05) is 18.4 Å². The first-order valence-electron chi connectivity index (χ1n) is 5.28. The monoisotopic (exact) mass is 186 g/mol. The van der Waals surface area contributed by atoms with Gasteiger partial charge in [-0.1, -0.05) is 12.1 Å². The minimum atomic E-state index is 0.699. The molecule has 0 amide bonds. The van der Waals surface area contributed by atoms with Gasteiger partial charge in [-0.15, -0.1) is 0 Å². The van der Waals surface area contributed by atoms with Crippen LogP contribution in [0, 0.1) is 5.92 Å². The zero-order valence-corrected chi connectivity index (χ0v) is 8.11. The Bertz CT molecular complexity index is 356. The molecule has 1 aliphatic heterocycles. The van der Waals surface area contributed by atoms with Crippen molar-refractivity contribution >= 4 is 5.57 Å². The number of hydrogen-bond acceptors (Lipinski definition) is 2. The zero-order valence-electron chi connectivity index (χ0n) is 8.11. The van der Waals surface area contributed by atoms with E-state index in [0.717, 1.165) is 5.92 Å². The topological polar surface area (TPSA) is 24.9 Å². The number of fused-ring (bicyclic) bond motifs is 1. The average molecular weight is 186 g/mol. The van der Waals surface area contributed by atoms with E-state index in [1.807, 2.05) is 18.5 Å². The van der Waals surface area contributed by atoms with E-state index in [4.69, 9.17) is 0 Å². The first kappa shape index (κ1) is 8.18. The molecule has 1 N–H and O–H groups in total. The summed E-state index contributed by atoms with van der Waals surface area (Å²) in [7, 11) is 0. The molecule has 14 heavy (non-hydrogen) atoms. The lowest BCUT2D eigenvalue weighted by Crippen LogP contribution is -2.22. The van der Waals surface area contributed by atoms with E-state index in [-0.39, 0.29) is 0 Å². The van der Waals surface area contributed by atoms with Gasteiger partial charge in [-0.2, -0.15) is 0 Å². The number of hydrogen-bond donors (Lipinski definition) is 1. The van der Waals surface area contributed by atoms with Crippen molar-refractivity contribution in [1.29, 1.82) is 0 Å². The van der Waals surface area contributed by atoms with Gasteiger partial charge in [-0.05, 0) is 42.5 Å². The highest BCUT2D eigenvalue weighted by molar-refractivity contribution is 5.68. The van der Waals surface area contributed by atoms with Crippen molar-refractivity contribution in [2.24, 2.45) is 5.92 Å². The van der Waals surface area contributed by atoms with E-state index < -0.39 is 0 Å². The van der Waals surface area contributed by atoms with Crippen molar-refractivity contribution in [3.63, 3.8) is 0 Å². The SMILES string of the molecule is C1=C(c2cccnc2)CC2NCCC12. The lowest BCUT2D eigenvalue weighted by atomic mass is 10.1. The van der Waals surface area contributed by atoms with Gasteiger partial charge < -0.3 is 5.32 Å². The molecule has 2 heterocycles. The van der Waals surface area contributed by atoms with Gasteiger partial charge >= 0.3 is 0 Å². The largest absolute Gasteiger partial charge is 0.313 e. The summed E-state index contributed by atoms with van der Waals surface area (Å²) in [6.45, 7) is 1.19. The van der Waals surface area contributed by atoms with Gasteiger partial charge in [0.05, 0.1) is 0 Å². The Balaban J connectivity index is 1.88. The first-order valence-corrected chi connectivity index (χ1v) is 5.28. The molecule has 72 valence electrons. The molecule has 1 fully saturated rings. The van der Waals surface area contributed by atoms with E-state index in [0.29, 0.717) is 6.04 Å². The Morgan fingerprint density at radius 1 is 1.43 bits per heavy atom. The number of pyridine rings is 1. The smallest absolute Gasteiger partial charge is 0.0342 e. The lowest BCUT2D eigenvalue weighted by molar-refractivity contribution is 0.563. The zero-order chi connectivity index (χ0) is 9.38. The van der Waals surface area contributed by atoms with Gasteiger partial charge in [0.25, 0.3) is 0 Å². The van der Waals surface area contributed by atoms with Crippen molar-refractivity contribution < 1.29 is 0 Å². The fraction of sp³-hybridized carbons (Fsp3) is 0.417. The fourth-order valence-electron chi connectivity index (χ4n) is 2.54. The summed E-state index contributed by atoms with van der Waals surface area (Å²) >= 11 is 0. The molecule has 1 saturated heterocycles. The minimum absolute atomic E-state index is 0.699. The van der Waals surface area contributed by atoms with Crippen LogP contribution >= 0.6 is 0 Å². The van der Waals surface area contributed by atoms with Crippen molar-refractivity contribution in [1.82, 2.24) is 10.3 Å². The Hall–Kier alpha value is -1.15. The molecule has 0 bridgehead atoms. The lowest BCUT2D eigenvalue weighted by Gasteiger charge is -2.07. The average Bonchev–Trinajstić information content (AvgIpc) is 2.78. The van der Waals surface area contributed by atoms with Crippen LogP contribution in [0.1, 0.15) is 18.4 Å². The molecular weight excluding hydrogens is 172 g/mol. The maximum Gasteiger partial charge on any atom is 0.0342 e. The highest BCUT2D eigenvalue weighted by Crippen LogP contribution is 2.35. The van der Waals surface area contributed by atoms with Gasteiger partial charge in [0.15, 0.2) is 0 Å². The Kier molecular flexibility index (Phi) is 1.88. The summed E-state index contributed by atoms with van der Waals surface area (Å²) in [6, 6.07) is 4.86. The molecule has 3 rings (SSSR count). The van der Waals surface area contributed by atoms with Crippen LogP contribution in [0.2, 0.25) is 0 Å². The molecule has 1 aliphatic carbocycles. The number of nitrogens with zero attached hydrogens (tertiary/aromatic N) is 1. The van der Waals surface area contributed by atoms with Crippen LogP contribution in [-0.4, -0.2) is 17.6 Å². The highest BCUT2D eigenvalue weighted by atomic mass is 15.0. The van der Waals surface area contributed by atoms with Gasteiger partial charge in [0.2, 0.25) is 0 Å². The molecule has 1 aromatic rings. The maximum atomic E-state index is 4.16. The molecule has 2 unspecified atom stereocenters.